The van der Waals surface area contributed by atoms with Crippen molar-refractivity contribution in [3.05, 3.63) is 65.5 Å². The van der Waals surface area contributed by atoms with Gasteiger partial charge >= 0.3 is 5.97 Å². The molecule has 3 aromatic rings. The molecule has 1 N–H and O–H groups in total. The van der Waals surface area contributed by atoms with E-state index in [1.807, 2.05) is 41.1 Å². The summed E-state index contributed by atoms with van der Waals surface area (Å²) in [6.07, 6.45) is 3.89. The van der Waals surface area contributed by atoms with Crippen LogP contribution < -0.4 is 5.32 Å². The van der Waals surface area contributed by atoms with Crippen molar-refractivity contribution in [2.24, 2.45) is 0 Å². The third-order valence-electron chi connectivity index (χ3n) is 4.52. The summed E-state index contributed by atoms with van der Waals surface area (Å²) in [6, 6.07) is 11.3. The van der Waals surface area contributed by atoms with Crippen LogP contribution in [0.3, 0.4) is 0 Å². The fraction of sp³-hybridized carbons (Fsp3) is 0.200. The van der Waals surface area contributed by atoms with E-state index in [0.717, 1.165) is 27.8 Å². The number of benzene rings is 1. The molecule has 0 saturated heterocycles. The number of nitrogens with one attached hydrogen (secondary N) is 1. The van der Waals surface area contributed by atoms with E-state index in [1.54, 1.807) is 19.1 Å². The van der Waals surface area contributed by atoms with Gasteiger partial charge in [0.15, 0.2) is 5.78 Å². The summed E-state index contributed by atoms with van der Waals surface area (Å²) in [7, 11) is 0. The Bertz CT molecular complexity index is 971. The number of carbonyl (C=O) groups excluding carboxylic acids is 2. The lowest BCUT2D eigenvalue weighted by Crippen LogP contribution is -2.19. The Morgan fingerprint density at radius 3 is 2.52 bits per heavy atom. The average molecular weight is 334 g/mol. The Kier molecular flexibility index (Phi) is 3.86. The number of hydrogen-bond donors (Lipinski definition) is 1. The number of ketones is 1. The second kappa shape index (κ2) is 6.18. The first-order valence-corrected chi connectivity index (χ1v) is 8.33. The second-order valence-corrected chi connectivity index (χ2v) is 6.02. The molecule has 0 spiro atoms. The minimum Gasteiger partial charge on any atom is -0.462 e. The highest BCUT2D eigenvalue weighted by molar-refractivity contribution is 6.06. The van der Waals surface area contributed by atoms with E-state index in [9.17, 15) is 9.59 Å². The van der Waals surface area contributed by atoms with Crippen LogP contribution in [-0.2, 0) is 11.3 Å². The molecule has 0 saturated carbocycles. The smallest absolute Gasteiger partial charge is 0.338 e. The highest BCUT2D eigenvalue weighted by atomic mass is 16.5. The molecule has 2 aromatic heterocycles. The van der Waals surface area contributed by atoms with Gasteiger partial charge in [0.2, 0.25) is 0 Å². The Morgan fingerprint density at radius 1 is 1.08 bits per heavy atom. The van der Waals surface area contributed by atoms with Gasteiger partial charge in [0.1, 0.15) is 0 Å². The van der Waals surface area contributed by atoms with Crippen molar-refractivity contribution >= 4 is 17.3 Å². The minimum atomic E-state index is -0.316. The number of ether oxygens (including phenoxy) is 1. The van der Waals surface area contributed by atoms with Gasteiger partial charge in [0, 0.05) is 24.5 Å². The molecule has 4 rings (SSSR count). The first-order chi connectivity index (χ1) is 12.2. The van der Waals surface area contributed by atoms with Crippen molar-refractivity contribution in [2.45, 2.75) is 13.5 Å². The van der Waals surface area contributed by atoms with Crippen LogP contribution >= 0.6 is 0 Å². The largest absolute Gasteiger partial charge is 0.462 e. The van der Waals surface area contributed by atoms with E-state index in [2.05, 4.69) is 5.32 Å². The maximum Gasteiger partial charge on any atom is 0.338 e. The Balaban J connectivity index is 1.81. The van der Waals surface area contributed by atoms with Gasteiger partial charge < -0.3 is 14.5 Å². The van der Waals surface area contributed by atoms with Crippen LogP contribution in [0.2, 0.25) is 0 Å². The molecule has 0 amide bonds. The van der Waals surface area contributed by atoms with Crippen LogP contribution in [-0.4, -0.2) is 29.3 Å². The normalized spacial score (nSPS) is 13.7. The maximum absolute atomic E-state index is 12.3. The summed E-state index contributed by atoms with van der Waals surface area (Å²) in [5.74, 6) is -0.208. The van der Waals surface area contributed by atoms with E-state index >= 15 is 0 Å². The quantitative estimate of drug-likeness (QED) is 0.748. The lowest BCUT2D eigenvalue weighted by atomic mass is 9.98. The van der Waals surface area contributed by atoms with E-state index in [1.165, 1.54) is 0 Å². The lowest BCUT2D eigenvalue weighted by molar-refractivity contribution is 0.0526. The molecule has 25 heavy (non-hydrogen) atoms. The summed E-state index contributed by atoms with van der Waals surface area (Å²) >= 11 is 0. The van der Waals surface area contributed by atoms with Crippen LogP contribution in [0, 0.1) is 0 Å². The first-order valence-electron chi connectivity index (χ1n) is 8.33. The number of carbonyl (C=O) groups is 2. The third-order valence-corrected chi connectivity index (χ3v) is 4.52. The van der Waals surface area contributed by atoms with Gasteiger partial charge in [0.05, 0.1) is 24.2 Å². The van der Waals surface area contributed by atoms with Crippen LogP contribution in [0.15, 0.2) is 48.8 Å². The highest BCUT2D eigenvalue weighted by Gasteiger charge is 2.21. The first kappa shape index (κ1) is 15.6. The van der Waals surface area contributed by atoms with Crippen molar-refractivity contribution in [2.75, 3.05) is 13.2 Å². The second-order valence-electron chi connectivity index (χ2n) is 6.02. The molecular formula is C20H18N2O3. The van der Waals surface area contributed by atoms with E-state index < -0.39 is 0 Å². The number of rotatable bonds is 3. The number of esters is 1. The molecule has 0 atom stereocenters. The summed E-state index contributed by atoms with van der Waals surface area (Å²) in [4.78, 5) is 24.1. The summed E-state index contributed by atoms with van der Waals surface area (Å²) in [5.41, 5.74) is 5.41. The van der Waals surface area contributed by atoms with E-state index in [-0.39, 0.29) is 11.8 Å². The SMILES string of the molecule is CCOC(=O)c1ccc(-c2ccn3ccc4c3c2CNCC4=O)cc1. The van der Waals surface area contributed by atoms with Crippen molar-refractivity contribution < 1.29 is 14.3 Å². The molecule has 1 aromatic carbocycles. The van der Waals surface area contributed by atoms with Crippen molar-refractivity contribution in [3.63, 3.8) is 0 Å². The zero-order chi connectivity index (χ0) is 17.4. The summed E-state index contributed by atoms with van der Waals surface area (Å²) in [5, 5.41) is 3.21. The van der Waals surface area contributed by atoms with Gasteiger partial charge in [-0.05, 0) is 47.9 Å². The molecule has 126 valence electrons. The molecule has 1 aliphatic rings. The van der Waals surface area contributed by atoms with Gasteiger partial charge in [-0.1, -0.05) is 12.1 Å². The third kappa shape index (κ3) is 2.62. The van der Waals surface area contributed by atoms with Crippen molar-refractivity contribution in [1.82, 2.24) is 9.72 Å². The summed E-state index contributed by atoms with van der Waals surface area (Å²) < 4.78 is 7.02. The minimum absolute atomic E-state index is 0.107. The monoisotopic (exact) mass is 334 g/mol. The molecule has 0 fully saturated rings. The maximum atomic E-state index is 12.3. The number of Topliss-reactive ketones (excluding diaryl/α,β-unsaturated/α-hetero) is 1. The predicted octanol–water partition coefficient (Wildman–Crippen LogP) is 3.07. The van der Waals surface area contributed by atoms with Gasteiger partial charge in [-0.2, -0.15) is 0 Å². The zero-order valence-corrected chi connectivity index (χ0v) is 13.9. The van der Waals surface area contributed by atoms with E-state index in [0.29, 0.717) is 25.3 Å². The Hall–Kier alpha value is -2.92. The Morgan fingerprint density at radius 2 is 1.80 bits per heavy atom. The fourth-order valence-electron chi connectivity index (χ4n) is 3.34. The van der Waals surface area contributed by atoms with E-state index in [4.69, 9.17) is 4.74 Å². The Labute approximate surface area is 145 Å². The topological polar surface area (TPSA) is 59.8 Å². The predicted molar refractivity (Wildman–Crippen MR) is 94.8 cm³/mol. The zero-order valence-electron chi connectivity index (χ0n) is 13.9. The van der Waals surface area contributed by atoms with Gasteiger partial charge in [0.25, 0.3) is 0 Å². The van der Waals surface area contributed by atoms with Gasteiger partial charge in [-0.3, -0.25) is 4.79 Å². The van der Waals surface area contributed by atoms with Crippen LogP contribution in [0.1, 0.15) is 33.2 Å². The number of pyridine rings is 1. The average Bonchev–Trinajstić information content (AvgIpc) is 2.99. The van der Waals surface area contributed by atoms with Gasteiger partial charge in [-0.15, -0.1) is 0 Å². The van der Waals surface area contributed by atoms with Crippen LogP contribution in [0.5, 0.6) is 0 Å². The van der Waals surface area contributed by atoms with Gasteiger partial charge in [-0.25, -0.2) is 4.79 Å². The number of nitrogens with zero attached hydrogens (tertiary/aromatic N) is 1. The molecule has 5 heteroatoms. The summed E-state index contributed by atoms with van der Waals surface area (Å²) in [6.45, 7) is 3.12. The molecule has 1 aliphatic heterocycles. The standard InChI is InChI=1S/C20H18N2O3/c1-2-25-20(24)14-5-3-13(4-6-14)15-7-9-22-10-8-16-18(23)12-21-11-17(15)19(16)22/h3-10,21H,2,11-12H2,1H3. The molecule has 0 radical (unpaired) electrons. The molecule has 0 unspecified atom stereocenters. The van der Waals surface area contributed by atoms with Crippen molar-refractivity contribution in [3.8, 4) is 11.1 Å². The van der Waals surface area contributed by atoms with Crippen LogP contribution in [0.4, 0.5) is 0 Å². The number of aromatic nitrogens is 1. The molecule has 0 bridgehead atoms. The molecule has 3 heterocycles. The van der Waals surface area contributed by atoms with Crippen molar-refractivity contribution in [1.29, 1.82) is 0 Å². The lowest BCUT2D eigenvalue weighted by Gasteiger charge is -2.12. The molecular weight excluding hydrogens is 316 g/mol. The molecule has 5 nitrogen and oxygen atoms in total. The number of hydrogen-bond acceptors (Lipinski definition) is 4. The van der Waals surface area contributed by atoms with Crippen LogP contribution in [0.25, 0.3) is 16.6 Å². The highest BCUT2D eigenvalue weighted by Crippen LogP contribution is 2.31. The fourth-order valence-corrected chi connectivity index (χ4v) is 3.34. The molecule has 0 aliphatic carbocycles.